The van der Waals surface area contributed by atoms with Gasteiger partial charge in [0.2, 0.25) is 5.91 Å². The SMILES string of the molecule is CC(=O)Nc1ccc(C2=C(SCCO)C(=O)N(c3cccc4ccccc34)C2=O)cc1. The van der Waals surface area contributed by atoms with Crippen molar-refractivity contribution in [3.05, 3.63) is 77.2 Å². The number of anilines is 2. The average Bonchev–Trinajstić information content (AvgIpc) is 3.01. The van der Waals surface area contributed by atoms with E-state index in [0.29, 0.717) is 33.2 Å². The van der Waals surface area contributed by atoms with Crippen molar-refractivity contribution in [2.24, 2.45) is 0 Å². The van der Waals surface area contributed by atoms with Crippen LogP contribution in [0.15, 0.2) is 71.6 Å². The van der Waals surface area contributed by atoms with Gasteiger partial charge in [-0.3, -0.25) is 14.4 Å². The van der Waals surface area contributed by atoms with Gasteiger partial charge in [0.1, 0.15) is 0 Å². The van der Waals surface area contributed by atoms with Gasteiger partial charge in [-0.2, -0.15) is 0 Å². The van der Waals surface area contributed by atoms with Crippen LogP contribution in [0, 0.1) is 0 Å². The molecule has 0 unspecified atom stereocenters. The number of rotatable bonds is 6. The highest BCUT2D eigenvalue weighted by molar-refractivity contribution is 8.04. The summed E-state index contributed by atoms with van der Waals surface area (Å²) >= 11 is 1.17. The van der Waals surface area contributed by atoms with Crippen LogP contribution in [0.2, 0.25) is 0 Å². The number of carbonyl (C=O) groups excluding carboxylic acids is 3. The van der Waals surface area contributed by atoms with Gasteiger partial charge in [0.05, 0.1) is 22.8 Å². The van der Waals surface area contributed by atoms with Crippen LogP contribution in [-0.2, 0) is 14.4 Å². The Morgan fingerprint density at radius 1 is 0.968 bits per heavy atom. The summed E-state index contributed by atoms with van der Waals surface area (Å²) in [7, 11) is 0. The highest BCUT2D eigenvalue weighted by Crippen LogP contribution is 2.40. The van der Waals surface area contributed by atoms with Crippen molar-refractivity contribution >= 4 is 57.2 Å². The zero-order valence-corrected chi connectivity index (χ0v) is 17.6. The van der Waals surface area contributed by atoms with E-state index >= 15 is 0 Å². The van der Waals surface area contributed by atoms with Crippen LogP contribution in [0.3, 0.4) is 0 Å². The van der Waals surface area contributed by atoms with E-state index in [-0.39, 0.29) is 12.5 Å². The molecule has 0 bridgehead atoms. The van der Waals surface area contributed by atoms with Crippen LogP contribution in [0.1, 0.15) is 12.5 Å². The minimum Gasteiger partial charge on any atom is -0.396 e. The van der Waals surface area contributed by atoms with E-state index < -0.39 is 11.8 Å². The van der Waals surface area contributed by atoms with Gasteiger partial charge in [0.25, 0.3) is 11.8 Å². The Morgan fingerprint density at radius 3 is 2.39 bits per heavy atom. The first-order valence-corrected chi connectivity index (χ1v) is 10.7. The summed E-state index contributed by atoms with van der Waals surface area (Å²) in [6.45, 7) is 1.31. The number of fused-ring (bicyclic) bond motifs is 1. The van der Waals surface area contributed by atoms with E-state index in [1.165, 1.54) is 23.6 Å². The first-order chi connectivity index (χ1) is 15.0. The molecule has 0 fully saturated rings. The third kappa shape index (κ3) is 3.97. The molecule has 156 valence electrons. The van der Waals surface area contributed by atoms with Gasteiger partial charge in [-0.25, -0.2) is 4.90 Å². The maximum atomic E-state index is 13.5. The fraction of sp³-hybridized carbons (Fsp3) is 0.125. The molecule has 0 atom stereocenters. The molecule has 31 heavy (non-hydrogen) atoms. The van der Waals surface area contributed by atoms with Crippen molar-refractivity contribution in [2.75, 3.05) is 22.6 Å². The number of hydrogen-bond donors (Lipinski definition) is 2. The second-order valence-corrected chi connectivity index (χ2v) is 8.08. The lowest BCUT2D eigenvalue weighted by molar-refractivity contribution is -0.120. The van der Waals surface area contributed by atoms with Crippen molar-refractivity contribution in [1.82, 2.24) is 0 Å². The zero-order valence-electron chi connectivity index (χ0n) is 16.8. The third-order valence-electron chi connectivity index (χ3n) is 4.88. The van der Waals surface area contributed by atoms with Crippen molar-refractivity contribution in [2.45, 2.75) is 6.92 Å². The number of imide groups is 1. The number of thioether (sulfide) groups is 1. The quantitative estimate of drug-likeness (QED) is 0.579. The molecule has 0 saturated carbocycles. The first-order valence-electron chi connectivity index (χ1n) is 9.73. The molecule has 3 aromatic rings. The van der Waals surface area contributed by atoms with Crippen LogP contribution < -0.4 is 10.2 Å². The number of carbonyl (C=O) groups is 3. The lowest BCUT2D eigenvalue weighted by atomic mass is 10.1. The van der Waals surface area contributed by atoms with E-state index in [9.17, 15) is 19.5 Å². The Balaban J connectivity index is 1.79. The summed E-state index contributed by atoms with van der Waals surface area (Å²) in [5.41, 5.74) is 2.01. The molecule has 1 aliphatic heterocycles. The molecule has 3 aromatic carbocycles. The van der Waals surface area contributed by atoms with Crippen LogP contribution in [0.25, 0.3) is 16.3 Å². The Morgan fingerprint density at radius 2 is 1.68 bits per heavy atom. The second kappa shape index (κ2) is 8.75. The summed E-state index contributed by atoms with van der Waals surface area (Å²) in [4.78, 5) is 39.6. The van der Waals surface area contributed by atoms with E-state index in [1.807, 2.05) is 36.4 Å². The highest BCUT2D eigenvalue weighted by Gasteiger charge is 2.40. The molecular weight excluding hydrogens is 412 g/mol. The smallest absolute Gasteiger partial charge is 0.272 e. The summed E-state index contributed by atoms with van der Waals surface area (Å²) in [6, 6.07) is 19.9. The number of benzene rings is 3. The Labute approximate surface area is 183 Å². The molecule has 0 spiro atoms. The minimum atomic E-state index is -0.408. The van der Waals surface area contributed by atoms with E-state index in [1.54, 1.807) is 30.3 Å². The normalized spacial score (nSPS) is 13.9. The second-order valence-electron chi connectivity index (χ2n) is 6.98. The van der Waals surface area contributed by atoms with Crippen molar-refractivity contribution in [3.63, 3.8) is 0 Å². The topological polar surface area (TPSA) is 86.7 Å². The van der Waals surface area contributed by atoms with Crippen molar-refractivity contribution < 1.29 is 19.5 Å². The molecule has 0 aromatic heterocycles. The van der Waals surface area contributed by atoms with Crippen LogP contribution in [-0.4, -0.2) is 35.2 Å². The van der Waals surface area contributed by atoms with Gasteiger partial charge in [0.15, 0.2) is 0 Å². The lowest BCUT2D eigenvalue weighted by Gasteiger charge is -2.17. The van der Waals surface area contributed by atoms with E-state index in [0.717, 1.165) is 10.8 Å². The van der Waals surface area contributed by atoms with E-state index in [4.69, 9.17) is 0 Å². The minimum absolute atomic E-state index is 0.112. The van der Waals surface area contributed by atoms with Crippen molar-refractivity contribution in [3.8, 4) is 0 Å². The van der Waals surface area contributed by atoms with Gasteiger partial charge in [-0.15, -0.1) is 11.8 Å². The lowest BCUT2D eigenvalue weighted by Crippen LogP contribution is -2.31. The average molecular weight is 433 g/mol. The molecule has 7 heteroatoms. The maximum Gasteiger partial charge on any atom is 0.272 e. The molecule has 4 rings (SSSR count). The van der Waals surface area contributed by atoms with Crippen LogP contribution in [0.4, 0.5) is 11.4 Å². The number of nitrogens with zero attached hydrogens (tertiary/aromatic N) is 1. The van der Waals surface area contributed by atoms with Gasteiger partial charge in [-0.1, -0.05) is 48.5 Å². The third-order valence-corrected chi connectivity index (χ3v) is 5.93. The maximum absolute atomic E-state index is 13.5. The molecule has 0 radical (unpaired) electrons. The standard InChI is InChI=1S/C24H20N2O4S/c1-15(28)25-18-11-9-17(10-12-18)21-22(31-14-13-27)24(30)26(23(21)29)20-8-4-6-16-5-2-3-7-19(16)20/h2-12,27H,13-14H2,1H3,(H,25,28). The van der Waals surface area contributed by atoms with Crippen molar-refractivity contribution in [1.29, 1.82) is 0 Å². The predicted molar refractivity (Wildman–Crippen MR) is 124 cm³/mol. The largest absolute Gasteiger partial charge is 0.396 e. The van der Waals surface area contributed by atoms with Gasteiger partial charge in [0, 0.05) is 23.8 Å². The summed E-state index contributed by atoms with van der Waals surface area (Å²) in [5.74, 6) is -0.708. The molecule has 0 aliphatic carbocycles. The molecule has 0 saturated heterocycles. The summed E-state index contributed by atoms with van der Waals surface area (Å²) in [6.07, 6.45) is 0. The van der Waals surface area contributed by atoms with E-state index in [2.05, 4.69) is 5.32 Å². The molecule has 3 amide bonds. The summed E-state index contributed by atoms with van der Waals surface area (Å²) in [5, 5.41) is 13.7. The fourth-order valence-corrected chi connectivity index (χ4v) is 4.45. The fourth-order valence-electron chi connectivity index (χ4n) is 3.59. The molecule has 6 nitrogen and oxygen atoms in total. The molecular formula is C24H20N2O4S. The van der Waals surface area contributed by atoms with Gasteiger partial charge < -0.3 is 10.4 Å². The van der Waals surface area contributed by atoms with Gasteiger partial charge in [-0.05, 0) is 29.1 Å². The Bertz CT molecular complexity index is 1210. The zero-order chi connectivity index (χ0) is 22.0. The van der Waals surface area contributed by atoms with Crippen LogP contribution in [0.5, 0.6) is 0 Å². The Kier molecular flexibility index (Phi) is 5.88. The number of hydrogen-bond acceptors (Lipinski definition) is 5. The first kappa shape index (κ1) is 20.8. The number of nitrogens with one attached hydrogen (secondary N) is 1. The Hall–Kier alpha value is -3.42. The number of aliphatic hydroxyl groups is 1. The monoisotopic (exact) mass is 432 g/mol. The van der Waals surface area contributed by atoms with Crippen LogP contribution >= 0.6 is 11.8 Å². The molecule has 2 N–H and O–H groups in total. The van der Waals surface area contributed by atoms with Gasteiger partial charge >= 0.3 is 0 Å². The highest BCUT2D eigenvalue weighted by atomic mass is 32.2. The predicted octanol–water partition coefficient (Wildman–Crippen LogP) is 3.81. The number of aliphatic hydroxyl groups excluding tert-OH is 1. The summed E-state index contributed by atoms with van der Waals surface area (Å²) < 4.78 is 0. The molecule has 1 aliphatic rings. The molecule has 1 heterocycles. The number of amides is 3.